The summed E-state index contributed by atoms with van der Waals surface area (Å²) in [5.74, 6) is 0.858. The van der Waals surface area contributed by atoms with Crippen molar-refractivity contribution in [2.45, 2.75) is 43.9 Å². The lowest BCUT2D eigenvalue weighted by atomic mass is 9.98. The van der Waals surface area contributed by atoms with E-state index in [1.54, 1.807) is 18.6 Å². The fourth-order valence-corrected chi connectivity index (χ4v) is 4.58. The fourth-order valence-electron chi connectivity index (χ4n) is 4.58. The third-order valence-electron chi connectivity index (χ3n) is 5.74. The van der Waals surface area contributed by atoms with Crippen LogP contribution in [-0.4, -0.2) is 39.0 Å². The van der Waals surface area contributed by atoms with E-state index >= 15 is 0 Å². The van der Waals surface area contributed by atoms with Crippen LogP contribution in [-0.2, 0) is 0 Å². The summed E-state index contributed by atoms with van der Waals surface area (Å²) in [5.41, 5.74) is 0.566. The summed E-state index contributed by atoms with van der Waals surface area (Å²) in [5, 5.41) is 1.98. The van der Waals surface area contributed by atoms with Crippen LogP contribution in [0.25, 0.3) is 10.8 Å². The number of nitrogens with zero attached hydrogens (tertiary/aromatic N) is 3. The Labute approximate surface area is 158 Å². The molecule has 0 aliphatic carbocycles. The molecule has 5 rings (SSSR count). The zero-order valence-electron chi connectivity index (χ0n) is 15.0. The van der Waals surface area contributed by atoms with E-state index in [1.165, 1.54) is 0 Å². The van der Waals surface area contributed by atoms with Gasteiger partial charge in [-0.3, -0.25) is 14.8 Å². The number of rotatable bonds is 3. The number of carbonyl (C=O) groups is 1. The highest BCUT2D eigenvalue weighted by Crippen LogP contribution is 2.38. The summed E-state index contributed by atoms with van der Waals surface area (Å²) < 4.78 is 6.12. The van der Waals surface area contributed by atoms with Crippen molar-refractivity contribution in [1.82, 2.24) is 14.9 Å². The monoisotopic (exact) mass is 359 g/mol. The molecule has 0 saturated carbocycles. The highest BCUT2D eigenvalue weighted by atomic mass is 16.5. The third kappa shape index (κ3) is 2.93. The van der Waals surface area contributed by atoms with Crippen molar-refractivity contribution < 1.29 is 9.53 Å². The molecule has 2 aromatic heterocycles. The SMILES string of the molecule is O=C(c1nccc2ccccc12)N1C2CCC1CC(Oc1cccnc1)C2. The number of ether oxygens (including phenoxy) is 1. The van der Waals surface area contributed by atoms with Gasteiger partial charge in [0, 0.05) is 42.7 Å². The van der Waals surface area contributed by atoms with Gasteiger partial charge in [0.1, 0.15) is 17.5 Å². The van der Waals surface area contributed by atoms with Gasteiger partial charge in [0.05, 0.1) is 6.20 Å². The zero-order valence-corrected chi connectivity index (χ0v) is 15.0. The molecule has 0 spiro atoms. The Balaban J connectivity index is 1.38. The maximum Gasteiger partial charge on any atom is 0.273 e. The molecule has 5 heteroatoms. The summed E-state index contributed by atoms with van der Waals surface area (Å²) in [6, 6.07) is 14.2. The van der Waals surface area contributed by atoms with Crippen LogP contribution in [0.3, 0.4) is 0 Å². The molecule has 0 radical (unpaired) electrons. The third-order valence-corrected chi connectivity index (χ3v) is 5.74. The number of aromatic nitrogens is 2. The number of piperidine rings is 1. The van der Waals surface area contributed by atoms with E-state index in [4.69, 9.17) is 4.74 Å². The van der Waals surface area contributed by atoms with E-state index in [-0.39, 0.29) is 24.1 Å². The van der Waals surface area contributed by atoms with Crippen molar-refractivity contribution in [3.05, 3.63) is 66.7 Å². The first-order valence-corrected chi connectivity index (χ1v) is 9.53. The Kier molecular flexibility index (Phi) is 4.00. The molecular formula is C22H21N3O2. The van der Waals surface area contributed by atoms with Gasteiger partial charge in [-0.2, -0.15) is 0 Å². The Bertz CT molecular complexity index is 956. The first kappa shape index (κ1) is 16.2. The topological polar surface area (TPSA) is 55.3 Å². The lowest BCUT2D eigenvalue weighted by Gasteiger charge is -2.38. The molecular weight excluding hydrogens is 338 g/mol. The maximum atomic E-state index is 13.4. The summed E-state index contributed by atoms with van der Waals surface area (Å²) in [6.45, 7) is 0. The molecule has 2 bridgehead atoms. The number of benzene rings is 1. The van der Waals surface area contributed by atoms with Gasteiger partial charge in [0.2, 0.25) is 0 Å². The lowest BCUT2D eigenvalue weighted by Crippen LogP contribution is -2.49. The summed E-state index contributed by atoms with van der Waals surface area (Å²) in [7, 11) is 0. The standard InChI is InChI=1S/C22H21N3O2/c26-22(21-20-6-2-1-4-15(20)9-11-24-21)25-16-7-8-17(25)13-19(12-16)27-18-5-3-10-23-14-18/h1-6,9-11,14,16-17,19H,7-8,12-13H2. The number of pyridine rings is 2. The molecule has 27 heavy (non-hydrogen) atoms. The van der Waals surface area contributed by atoms with Crippen molar-refractivity contribution in [2.75, 3.05) is 0 Å². The average Bonchev–Trinajstić information content (AvgIpc) is 2.98. The van der Waals surface area contributed by atoms with Crippen LogP contribution < -0.4 is 4.74 Å². The normalized spacial score (nSPS) is 24.1. The quantitative estimate of drug-likeness (QED) is 0.713. The molecule has 136 valence electrons. The Morgan fingerprint density at radius 2 is 1.81 bits per heavy atom. The van der Waals surface area contributed by atoms with Crippen LogP contribution in [0.1, 0.15) is 36.2 Å². The van der Waals surface area contributed by atoms with E-state index in [0.29, 0.717) is 5.69 Å². The largest absolute Gasteiger partial charge is 0.489 e. The van der Waals surface area contributed by atoms with Gasteiger partial charge in [-0.1, -0.05) is 24.3 Å². The molecule has 2 aliphatic heterocycles. The Morgan fingerprint density at radius 3 is 2.59 bits per heavy atom. The van der Waals surface area contributed by atoms with Crippen LogP contribution in [0.2, 0.25) is 0 Å². The molecule has 2 atom stereocenters. The van der Waals surface area contributed by atoms with Gasteiger partial charge in [0.25, 0.3) is 5.91 Å². The minimum absolute atomic E-state index is 0.0547. The minimum Gasteiger partial charge on any atom is -0.489 e. The van der Waals surface area contributed by atoms with Crippen LogP contribution >= 0.6 is 0 Å². The molecule has 2 unspecified atom stereocenters. The molecule has 5 nitrogen and oxygen atoms in total. The highest BCUT2D eigenvalue weighted by molar-refractivity contribution is 6.05. The van der Waals surface area contributed by atoms with Crippen molar-refractivity contribution in [3.63, 3.8) is 0 Å². The zero-order chi connectivity index (χ0) is 18.2. The molecule has 1 aromatic carbocycles. The Hall–Kier alpha value is -2.95. The van der Waals surface area contributed by atoms with Crippen LogP contribution in [0.15, 0.2) is 61.1 Å². The van der Waals surface area contributed by atoms with Crippen LogP contribution in [0.4, 0.5) is 0 Å². The van der Waals surface area contributed by atoms with Crippen LogP contribution in [0.5, 0.6) is 5.75 Å². The summed E-state index contributed by atoms with van der Waals surface area (Å²) in [4.78, 5) is 24.0. The smallest absolute Gasteiger partial charge is 0.273 e. The summed E-state index contributed by atoms with van der Waals surface area (Å²) >= 11 is 0. The second kappa shape index (κ2) is 6.65. The summed E-state index contributed by atoms with van der Waals surface area (Å²) in [6.07, 6.45) is 9.16. The van der Waals surface area contributed by atoms with Crippen molar-refractivity contribution in [3.8, 4) is 5.75 Å². The second-order valence-corrected chi connectivity index (χ2v) is 7.38. The van der Waals surface area contributed by atoms with Crippen molar-refractivity contribution in [1.29, 1.82) is 0 Å². The number of amides is 1. The second-order valence-electron chi connectivity index (χ2n) is 7.38. The van der Waals surface area contributed by atoms with E-state index in [1.807, 2.05) is 42.5 Å². The molecule has 3 aromatic rings. The molecule has 2 saturated heterocycles. The number of hydrogen-bond donors (Lipinski definition) is 0. The average molecular weight is 359 g/mol. The lowest BCUT2D eigenvalue weighted by molar-refractivity contribution is 0.0355. The Morgan fingerprint density at radius 1 is 1.00 bits per heavy atom. The number of fused-ring (bicyclic) bond motifs is 3. The predicted octanol–water partition coefficient (Wildman–Crippen LogP) is 3.84. The molecule has 2 fully saturated rings. The van der Waals surface area contributed by atoms with E-state index < -0.39 is 0 Å². The van der Waals surface area contributed by atoms with Crippen LogP contribution in [0, 0.1) is 0 Å². The van der Waals surface area contributed by atoms with E-state index in [9.17, 15) is 4.79 Å². The maximum absolute atomic E-state index is 13.4. The van der Waals surface area contributed by atoms with Gasteiger partial charge in [0.15, 0.2) is 0 Å². The van der Waals surface area contributed by atoms with Crippen molar-refractivity contribution >= 4 is 16.7 Å². The van der Waals surface area contributed by atoms with Gasteiger partial charge in [-0.25, -0.2) is 0 Å². The molecule has 1 amide bonds. The fraction of sp³-hybridized carbons (Fsp3) is 0.318. The highest BCUT2D eigenvalue weighted by Gasteiger charge is 2.44. The predicted molar refractivity (Wildman–Crippen MR) is 103 cm³/mol. The first-order chi connectivity index (χ1) is 13.3. The first-order valence-electron chi connectivity index (χ1n) is 9.53. The van der Waals surface area contributed by atoms with E-state index in [2.05, 4.69) is 14.9 Å². The molecule has 0 N–H and O–H groups in total. The van der Waals surface area contributed by atoms with Gasteiger partial charge >= 0.3 is 0 Å². The van der Waals surface area contributed by atoms with Crippen molar-refractivity contribution in [2.24, 2.45) is 0 Å². The van der Waals surface area contributed by atoms with E-state index in [0.717, 1.165) is 42.2 Å². The number of carbonyl (C=O) groups excluding carboxylic acids is 1. The minimum atomic E-state index is 0.0547. The van der Waals surface area contributed by atoms with Gasteiger partial charge in [-0.15, -0.1) is 0 Å². The van der Waals surface area contributed by atoms with Gasteiger partial charge in [-0.05, 0) is 36.4 Å². The number of hydrogen-bond acceptors (Lipinski definition) is 4. The molecule has 4 heterocycles. The van der Waals surface area contributed by atoms with Gasteiger partial charge < -0.3 is 9.64 Å². The molecule has 2 aliphatic rings.